The first kappa shape index (κ1) is 18.1. The molecule has 0 radical (unpaired) electrons. The molecule has 0 saturated carbocycles. The quantitative estimate of drug-likeness (QED) is 0.569. The number of hydrogen-bond donors (Lipinski definition) is 0. The first-order chi connectivity index (χ1) is 12.0. The predicted molar refractivity (Wildman–Crippen MR) is 94.5 cm³/mol. The van der Waals surface area contributed by atoms with Gasteiger partial charge in [0, 0.05) is 11.1 Å². The van der Waals surface area contributed by atoms with Crippen LogP contribution in [0.15, 0.2) is 41.5 Å². The number of amides is 2. The summed E-state index contributed by atoms with van der Waals surface area (Å²) in [5.74, 6) is -0.731. The van der Waals surface area contributed by atoms with E-state index in [-0.39, 0.29) is 19.1 Å². The Morgan fingerprint density at radius 3 is 2.32 bits per heavy atom. The number of carbonyl (C=O) groups is 2. The number of carbonyl (C=O) groups excluding carboxylic acids is 2. The second kappa shape index (κ2) is 7.24. The van der Waals surface area contributed by atoms with E-state index in [9.17, 15) is 14.2 Å². The molecule has 2 aliphatic rings. The fourth-order valence-electron chi connectivity index (χ4n) is 3.50. The summed E-state index contributed by atoms with van der Waals surface area (Å²) in [4.78, 5) is 27.0. The first-order valence-corrected chi connectivity index (χ1v) is 10.2. The molecule has 0 fully saturated rings. The maximum absolute atomic E-state index is 13.2. The monoisotopic (exact) mass is 363 g/mol. The van der Waals surface area contributed by atoms with E-state index in [1.54, 1.807) is 38.1 Å². The van der Waals surface area contributed by atoms with Gasteiger partial charge in [-0.25, -0.2) is 4.90 Å². The summed E-state index contributed by atoms with van der Waals surface area (Å²) in [5.41, 5.74) is 0.602. The highest BCUT2D eigenvalue weighted by Gasteiger charge is 2.50. The lowest BCUT2D eigenvalue weighted by atomic mass is 9.93. The highest BCUT2D eigenvalue weighted by Crippen LogP contribution is 2.60. The second-order valence-electron chi connectivity index (χ2n) is 5.96. The minimum absolute atomic E-state index is 0.223. The zero-order chi connectivity index (χ0) is 18.0. The van der Waals surface area contributed by atoms with Gasteiger partial charge in [-0.1, -0.05) is 18.2 Å². The molecule has 7 heteroatoms. The fourth-order valence-corrected chi connectivity index (χ4v) is 5.73. The standard InChI is InChI=1S/C18H22NO5P/c1-3-23-25(22,24-4-2)15-12-8-11-14-16(15)18(21)19(17(14)20)13-9-6-5-7-10-13/h5-7,9-10,15H,3-4,8,11-12H2,1-2H3/t15-/m1/s1. The van der Waals surface area contributed by atoms with Gasteiger partial charge in [-0.15, -0.1) is 0 Å². The van der Waals surface area contributed by atoms with Gasteiger partial charge >= 0.3 is 7.60 Å². The lowest BCUT2D eigenvalue weighted by molar-refractivity contribution is -0.120. The van der Waals surface area contributed by atoms with Crippen molar-refractivity contribution in [2.75, 3.05) is 18.1 Å². The summed E-state index contributed by atoms with van der Waals surface area (Å²) < 4.78 is 24.2. The molecule has 134 valence electrons. The molecular weight excluding hydrogens is 341 g/mol. The van der Waals surface area contributed by atoms with Crippen LogP contribution in [0.5, 0.6) is 0 Å². The Morgan fingerprint density at radius 1 is 1.08 bits per heavy atom. The summed E-state index contributed by atoms with van der Waals surface area (Å²) in [6, 6.07) is 8.80. The summed E-state index contributed by atoms with van der Waals surface area (Å²) >= 11 is 0. The van der Waals surface area contributed by atoms with Gasteiger partial charge in [-0.3, -0.25) is 14.2 Å². The molecule has 0 N–H and O–H groups in total. The number of rotatable bonds is 6. The van der Waals surface area contributed by atoms with Crippen molar-refractivity contribution in [3.63, 3.8) is 0 Å². The maximum Gasteiger partial charge on any atom is 0.338 e. The van der Waals surface area contributed by atoms with Crippen LogP contribution in [-0.4, -0.2) is 30.7 Å². The van der Waals surface area contributed by atoms with Gasteiger partial charge in [0.25, 0.3) is 11.8 Å². The Bertz CT molecular complexity index is 748. The molecule has 0 bridgehead atoms. The van der Waals surface area contributed by atoms with Gasteiger partial charge in [0.05, 0.1) is 24.6 Å². The number of nitrogens with zero attached hydrogens (tertiary/aromatic N) is 1. The van der Waals surface area contributed by atoms with Gasteiger partial charge in [0.15, 0.2) is 0 Å². The van der Waals surface area contributed by atoms with Crippen molar-refractivity contribution in [3.8, 4) is 0 Å². The minimum atomic E-state index is -3.50. The van der Waals surface area contributed by atoms with E-state index < -0.39 is 19.2 Å². The second-order valence-corrected chi connectivity index (χ2v) is 8.18. The van der Waals surface area contributed by atoms with Crippen molar-refractivity contribution >= 4 is 25.1 Å². The molecule has 0 aromatic heterocycles. The number of para-hydroxylation sites is 1. The number of benzene rings is 1. The Labute approximate surface area is 147 Å². The molecule has 25 heavy (non-hydrogen) atoms. The third-order valence-corrected chi connectivity index (χ3v) is 6.99. The van der Waals surface area contributed by atoms with E-state index in [0.29, 0.717) is 36.1 Å². The molecule has 1 aromatic carbocycles. The average molecular weight is 363 g/mol. The predicted octanol–water partition coefficient (Wildman–Crippen LogP) is 3.68. The van der Waals surface area contributed by atoms with Crippen LogP contribution >= 0.6 is 7.60 Å². The zero-order valence-corrected chi connectivity index (χ0v) is 15.3. The lowest BCUT2D eigenvalue weighted by Crippen LogP contribution is -2.33. The molecular formula is C18H22NO5P. The van der Waals surface area contributed by atoms with Crippen molar-refractivity contribution in [2.45, 2.75) is 38.8 Å². The first-order valence-electron chi connectivity index (χ1n) is 8.59. The van der Waals surface area contributed by atoms with Crippen LogP contribution in [0.2, 0.25) is 0 Å². The molecule has 0 unspecified atom stereocenters. The third-order valence-electron chi connectivity index (χ3n) is 4.47. The van der Waals surface area contributed by atoms with Crippen LogP contribution < -0.4 is 4.90 Å². The Hall–Kier alpha value is -1.75. The van der Waals surface area contributed by atoms with Crippen LogP contribution in [0.4, 0.5) is 5.69 Å². The number of anilines is 1. The maximum atomic E-state index is 13.2. The van der Waals surface area contributed by atoms with Gasteiger partial charge in [-0.05, 0) is 45.2 Å². The molecule has 1 aliphatic carbocycles. The topological polar surface area (TPSA) is 72.9 Å². The Balaban J connectivity index is 2.02. The molecule has 1 atom stereocenters. The average Bonchev–Trinajstić information content (AvgIpc) is 2.87. The molecule has 0 saturated heterocycles. The Kier molecular flexibility index (Phi) is 5.23. The van der Waals surface area contributed by atoms with E-state index in [0.717, 1.165) is 0 Å². The van der Waals surface area contributed by atoms with Crippen LogP contribution in [-0.2, 0) is 23.2 Å². The van der Waals surface area contributed by atoms with Crippen molar-refractivity contribution < 1.29 is 23.2 Å². The SMILES string of the molecule is CCOP(=O)(OCC)[C@@H]1CCCC2=C1C(=O)N(c1ccccc1)C2=O. The van der Waals surface area contributed by atoms with Crippen LogP contribution in [0.25, 0.3) is 0 Å². The van der Waals surface area contributed by atoms with E-state index in [1.165, 1.54) is 4.90 Å². The van der Waals surface area contributed by atoms with Gasteiger partial charge < -0.3 is 9.05 Å². The van der Waals surface area contributed by atoms with Gasteiger partial charge in [0.2, 0.25) is 0 Å². The van der Waals surface area contributed by atoms with E-state index >= 15 is 0 Å². The van der Waals surface area contributed by atoms with Gasteiger partial charge in [-0.2, -0.15) is 0 Å². The molecule has 2 amide bonds. The molecule has 3 rings (SSSR count). The van der Waals surface area contributed by atoms with Crippen molar-refractivity contribution in [1.29, 1.82) is 0 Å². The molecule has 1 aliphatic heterocycles. The van der Waals surface area contributed by atoms with E-state index in [2.05, 4.69) is 0 Å². The van der Waals surface area contributed by atoms with Gasteiger partial charge in [0.1, 0.15) is 0 Å². The molecule has 1 heterocycles. The fraction of sp³-hybridized carbons (Fsp3) is 0.444. The number of hydrogen-bond acceptors (Lipinski definition) is 5. The normalized spacial score (nSPS) is 21.0. The summed E-state index contributed by atoms with van der Waals surface area (Å²) in [6.07, 6.45) is 1.70. The smallest absolute Gasteiger partial charge is 0.308 e. The highest BCUT2D eigenvalue weighted by atomic mass is 31.2. The minimum Gasteiger partial charge on any atom is -0.308 e. The lowest BCUT2D eigenvalue weighted by Gasteiger charge is -2.29. The summed E-state index contributed by atoms with van der Waals surface area (Å²) in [7, 11) is -3.50. The zero-order valence-electron chi connectivity index (χ0n) is 14.4. The Morgan fingerprint density at radius 2 is 1.72 bits per heavy atom. The summed E-state index contributed by atoms with van der Waals surface area (Å²) in [6.45, 7) is 3.92. The van der Waals surface area contributed by atoms with Crippen LogP contribution in [0.3, 0.4) is 0 Å². The highest BCUT2D eigenvalue weighted by molar-refractivity contribution is 7.55. The summed E-state index contributed by atoms with van der Waals surface area (Å²) in [5, 5.41) is 0. The van der Waals surface area contributed by atoms with Crippen molar-refractivity contribution in [3.05, 3.63) is 41.5 Å². The van der Waals surface area contributed by atoms with Crippen LogP contribution in [0.1, 0.15) is 33.1 Å². The van der Waals surface area contributed by atoms with E-state index in [1.807, 2.05) is 6.07 Å². The number of imide groups is 1. The van der Waals surface area contributed by atoms with Crippen molar-refractivity contribution in [2.24, 2.45) is 0 Å². The van der Waals surface area contributed by atoms with E-state index in [4.69, 9.17) is 9.05 Å². The largest absolute Gasteiger partial charge is 0.338 e. The molecule has 1 aromatic rings. The molecule has 0 spiro atoms. The van der Waals surface area contributed by atoms with Crippen molar-refractivity contribution in [1.82, 2.24) is 0 Å². The molecule has 6 nitrogen and oxygen atoms in total. The third kappa shape index (κ3) is 3.10. The van der Waals surface area contributed by atoms with Crippen LogP contribution in [0, 0.1) is 0 Å².